The summed E-state index contributed by atoms with van der Waals surface area (Å²) in [6.45, 7) is 5.63. The molecule has 1 heterocycles. The van der Waals surface area contributed by atoms with E-state index in [-0.39, 0.29) is 23.8 Å². The van der Waals surface area contributed by atoms with Gasteiger partial charge in [-0.3, -0.25) is 9.48 Å². The number of rotatable bonds is 6. The molecule has 2 N–H and O–H groups in total. The van der Waals surface area contributed by atoms with Crippen molar-refractivity contribution in [3.05, 3.63) is 17.5 Å². The molecule has 19 heavy (non-hydrogen) atoms. The maximum atomic E-state index is 12.9. The first-order valence-electron chi connectivity index (χ1n) is 6.12. The highest BCUT2D eigenvalue weighted by Crippen LogP contribution is 2.22. The fourth-order valence-corrected chi connectivity index (χ4v) is 1.58. The summed E-state index contributed by atoms with van der Waals surface area (Å²) in [6, 6.07) is -0.506. The van der Waals surface area contributed by atoms with E-state index < -0.39 is 18.4 Å². The zero-order valence-corrected chi connectivity index (χ0v) is 11.2. The number of carbonyl (C=O) groups is 1. The van der Waals surface area contributed by atoms with E-state index in [1.54, 1.807) is 6.92 Å². The monoisotopic (exact) mass is 275 g/mol. The second-order valence-corrected chi connectivity index (χ2v) is 4.91. The van der Waals surface area contributed by atoms with Crippen molar-refractivity contribution in [3.8, 4) is 0 Å². The number of alkyl halides is 2. The van der Waals surface area contributed by atoms with Gasteiger partial charge in [0.1, 0.15) is 0 Å². The van der Waals surface area contributed by atoms with Crippen molar-refractivity contribution in [1.82, 2.24) is 15.1 Å². The molecule has 0 aliphatic carbocycles. The van der Waals surface area contributed by atoms with Gasteiger partial charge in [0.25, 0.3) is 12.3 Å². The molecule has 0 fully saturated rings. The summed E-state index contributed by atoms with van der Waals surface area (Å²) in [6.07, 6.45) is -1.56. The molecule has 7 heteroatoms. The van der Waals surface area contributed by atoms with Crippen LogP contribution in [0.3, 0.4) is 0 Å². The molecule has 0 spiro atoms. The van der Waals surface area contributed by atoms with Crippen LogP contribution in [0, 0.1) is 5.92 Å². The largest absolute Gasteiger partial charge is 0.394 e. The third-order valence-electron chi connectivity index (χ3n) is 2.44. The van der Waals surface area contributed by atoms with Gasteiger partial charge in [0, 0.05) is 18.8 Å². The smallest absolute Gasteiger partial charge is 0.272 e. The number of aromatic nitrogens is 2. The number of hydrogen-bond acceptors (Lipinski definition) is 3. The minimum atomic E-state index is -2.76. The summed E-state index contributed by atoms with van der Waals surface area (Å²) in [5.41, 5.74) is -0.667. The highest BCUT2D eigenvalue weighted by atomic mass is 19.3. The van der Waals surface area contributed by atoms with E-state index in [1.807, 2.05) is 13.8 Å². The molecule has 1 unspecified atom stereocenters. The topological polar surface area (TPSA) is 67.2 Å². The van der Waals surface area contributed by atoms with Crippen LogP contribution in [0.15, 0.2) is 6.20 Å². The molecule has 0 aliphatic heterocycles. The Kier molecular flexibility index (Phi) is 5.41. The van der Waals surface area contributed by atoms with E-state index in [9.17, 15) is 13.6 Å². The number of amides is 1. The second-order valence-electron chi connectivity index (χ2n) is 4.91. The second kappa shape index (κ2) is 6.60. The molecule has 1 amide bonds. The molecule has 1 rings (SSSR count). The summed E-state index contributed by atoms with van der Waals surface area (Å²) in [4.78, 5) is 11.8. The van der Waals surface area contributed by atoms with Gasteiger partial charge in [0.15, 0.2) is 5.69 Å². The number of aliphatic hydroxyl groups excluding tert-OH is 1. The highest BCUT2D eigenvalue weighted by Gasteiger charge is 2.24. The summed E-state index contributed by atoms with van der Waals surface area (Å²) in [5.74, 6) is -0.461. The van der Waals surface area contributed by atoms with Crippen LogP contribution >= 0.6 is 0 Å². The Morgan fingerprint density at radius 3 is 2.58 bits per heavy atom. The lowest BCUT2D eigenvalue weighted by Gasteiger charge is -2.10. The summed E-state index contributed by atoms with van der Waals surface area (Å²) in [7, 11) is 0. The number of carbonyl (C=O) groups excluding carboxylic acids is 1. The molecule has 1 aromatic heterocycles. The Hall–Kier alpha value is -1.50. The molecule has 1 aromatic rings. The number of halogens is 2. The zero-order valence-electron chi connectivity index (χ0n) is 11.2. The molecule has 0 saturated carbocycles. The molecule has 0 aliphatic rings. The number of nitrogens with one attached hydrogen (secondary N) is 1. The van der Waals surface area contributed by atoms with Crippen molar-refractivity contribution >= 4 is 5.91 Å². The van der Waals surface area contributed by atoms with Crippen LogP contribution in [0.2, 0.25) is 0 Å². The van der Waals surface area contributed by atoms with Gasteiger partial charge in [0.2, 0.25) is 0 Å². The minimum Gasteiger partial charge on any atom is -0.394 e. The molecular formula is C12H19F2N3O2. The molecule has 0 bridgehead atoms. The first kappa shape index (κ1) is 15.6. The van der Waals surface area contributed by atoms with Crippen LogP contribution in [-0.4, -0.2) is 33.4 Å². The summed E-state index contributed by atoms with van der Waals surface area (Å²) < 4.78 is 27.1. The van der Waals surface area contributed by atoms with Gasteiger partial charge in [0.05, 0.1) is 12.2 Å². The van der Waals surface area contributed by atoms with Gasteiger partial charge in [-0.25, -0.2) is 8.78 Å². The normalized spacial score (nSPS) is 13.1. The molecule has 1 atom stereocenters. The van der Waals surface area contributed by atoms with E-state index >= 15 is 0 Å². The Morgan fingerprint density at radius 2 is 2.11 bits per heavy atom. The molecule has 108 valence electrons. The molecule has 0 saturated heterocycles. The van der Waals surface area contributed by atoms with E-state index in [2.05, 4.69) is 10.4 Å². The van der Waals surface area contributed by atoms with Crippen molar-refractivity contribution < 1.29 is 18.7 Å². The van der Waals surface area contributed by atoms with Gasteiger partial charge in [-0.05, 0) is 12.8 Å². The van der Waals surface area contributed by atoms with Crippen LogP contribution in [0.4, 0.5) is 8.78 Å². The first-order chi connectivity index (χ1) is 8.85. The van der Waals surface area contributed by atoms with E-state index in [1.165, 1.54) is 10.9 Å². The standard InChI is InChI=1S/C12H19F2N3O2/c1-7(2)4-17-5-9(11(13)14)10(16-17)12(19)15-8(3)6-18/h5,7-8,11,18H,4,6H2,1-3H3,(H,15,19). The average molecular weight is 275 g/mol. The van der Waals surface area contributed by atoms with Gasteiger partial charge >= 0.3 is 0 Å². The maximum Gasteiger partial charge on any atom is 0.272 e. The minimum absolute atomic E-state index is 0.234. The zero-order chi connectivity index (χ0) is 14.6. The molecule has 5 nitrogen and oxygen atoms in total. The maximum absolute atomic E-state index is 12.9. The van der Waals surface area contributed by atoms with Crippen LogP contribution in [0.25, 0.3) is 0 Å². The number of aliphatic hydroxyl groups is 1. The van der Waals surface area contributed by atoms with Crippen LogP contribution in [-0.2, 0) is 6.54 Å². The van der Waals surface area contributed by atoms with Crippen molar-refractivity contribution in [2.24, 2.45) is 5.92 Å². The Morgan fingerprint density at radius 1 is 1.47 bits per heavy atom. The van der Waals surface area contributed by atoms with Crippen LogP contribution in [0.5, 0.6) is 0 Å². The predicted octanol–water partition coefficient (Wildman–Crippen LogP) is 1.59. The average Bonchev–Trinajstić information content (AvgIpc) is 2.72. The van der Waals surface area contributed by atoms with Gasteiger partial charge in [-0.1, -0.05) is 13.8 Å². The van der Waals surface area contributed by atoms with Crippen molar-refractivity contribution in [2.75, 3.05) is 6.61 Å². The first-order valence-corrected chi connectivity index (χ1v) is 6.12. The highest BCUT2D eigenvalue weighted by molar-refractivity contribution is 5.93. The molecule has 0 aromatic carbocycles. The van der Waals surface area contributed by atoms with Gasteiger partial charge < -0.3 is 10.4 Å². The fourth-order valence-electron chi connectivity index (χ4n) is 1.58. The lowest BCUT2D eigenvalue weighted by Crippen LogP contribution is -2.35. The molecule has 0 radical (unpaired) electrons. The molecular weight excluding hydrogens is 256 g/mol. The van der Waals surface area contributed by atoms with Crippen molar-refractivity contribution in [3.63, 3.8) is 0 Å². The van der Waals surface area contributed by atoms with E-state index in [4.69, 9.17) is 5.11 Å². The van der Waals surface area contributed by atoms with E-state index in [0.717, 1.165) is 0 Å². The van der Waals surface area contributed by atoms with Crippen LogP contribution in [0.1, 0.15) is 43.2 Å². The SMILES string of the molecule is CC(C)Cn1cc(C(F)F)c(C(=O)NC(C)CO)n1. The number of hydrogen-bond donors (Lipinski definition) is 2. The summed E-state index contributed by atoms with van der Waals surface area (Å²) >= 11 is 0. The van der Waals surface area contributed by atoms with Crippen molar-refractivity contribution in [1.29, 1.82) is 0 Å². The predicted molar refractivity (Wildman–Crippen MR) is 66.0 cm³/mol. The Bertz CT molecular complexity index is 433. The lowest BCUT2D eigenvalue weighted by molar-refractivity contribution is 0.0903. The third kappa shape index (κ3) is 4.27. The summed E-state index contributed by atoms with van der Waals surface area (Å²) in [5, 5.41) is 15.2. The third-order valence-corrected chi connectivity index (χ3v) is 2.44. The fraction of sp³-hybridized carbons (Fsp3) is 0.667. The quantitative estimate of drug-likeness (QED) is 0.828. The number of nitrogens with zero attached hydrogens (tertiary/aromatic N) is 2. The Balaban J connectivity index is 2.97. The van der Waals surface area contributed by atoms with Crippen LogP contribution < -0.4 is 5.32 Å². The Labute approximate surface area is 110 Å². The van der Waals surface area contributed by atoms with E-state index in [0.29, 0.717) is 6.54 Å². The lowest BCUT2D eigenvalue weighted by atomic mass is 10.2. The van der Waals surface area contributed by atoms with Crippen molar-refractivity contribution in [2.45, 2.75) is 39.8 Å². The van der Waals surface area contributed by atoms with Gasteiger partial charge in [-0.15, -0.1) is 0 Å². The van der Waals surface area contributed by atoms with Gasteiger partial charge in [-0.2, -0.15) is 5.10 Å².